The number of rotatable bonds is 9. The normalized spacial score (nSPS) is 12.8. The number of unbranched alkanes of at least 4 members (excludes halogenated alkanes) is 5. The van der Waals surface area contributed by atoms with Crippen LogP contribution in [0.4, 0.5) is 0 Å². The van der Waals surface area contributed by atoms with Gasteiger partial charge in [-0.15, -0.1) is 0 Å². The third-order valence-electron chi connectivity index (χ3n) is 2.71. The van der Waals surface area contributed by atoms with E-state index in [9.17, 15) is 5.11 Å². The van der Waals surface area contributed by atoms with E-state index in [-0.39, 0.29) is 6.10 Å². The summed E-state index contributed by atoms with van der Waals surface area (Å²) in [5.41, 5.74) is 1.02. The van der Waals surface area contributed by atoms with Crippen molar-refractivity contribution in [1.29, 1.82) is 0 Å². The highest BCUT2D eigenvalue weighted by atomic mass is 16.3. The Morgan fingerprint density at radius 1 is 1.07 bits per heavy atom. The van der Waals surface area contributed by atoms with Gasteiger partial charge >= 0.3 is 0 Å². The summed E-state index contributed by atoms with van der Waals surface area (Å²) in [6.45, 7) is 8.14. The molecule has 1 unspecified atom stereocenters. The van der Waals surface area contributed by atoms with Crippen molar-refractivity contribution in [2.75, 3.05) is 0 Å². The lowest BCUT2D eigenvalue weighted by atomic mass is 10.0. The predicted molar refractivity (Wildman–Crippen MR) is 63.4 cm³/mol. The van der Waals surface area contributed by atoms with Crippen LogP contribution in [0.3, 0.4) is 0 Å². The lowest BCUT2D eigenvalue weighted by Crippen LogP contribution is -2.07. The second kappa shape index (κ2) is 9.26. The Morgan fingerprint density at radius 3 is 2.21 bits per heavy atom. The fourth-order valence-corrected chi connectivity index (χ4v) is 1.59. The van der Waals surface area contributed by atoms with E-state index in [4.69, 9.17) is 0 Å². The molecule has 0 aliphatic rings. The summed E-state index contributed by atoms with van der Waals surface area (Å²) in [5.74, 6) is 0. The maximum absolute atomic E-state index is 9.47. The van der Waals surface area contributed by atoms with E-state index < -0.39 is 0 Å². The zero-order chi connectivity index (χ0) is 10.8. The van der Waals surface area contributed by atoms with Gasteiger partial charge in [-0.1, -0.05) is 52.5 Å². The minimum atomic E-state index is -0.273. The highest BCUT2D eigenvalue weighted by molar-refractivity contribution is 5.00. The Hall–Kier alpha value is -0.300. The molecule has 0 aliphatic heterocycles. The van der Waals surface area contributed by atoms with Crippen LogP contribution in [0.5, 0.6) is 0 Å². The number of aliphatic hydroxyl groups excluding tert-OH is 1. The average Bonchev–Trinajstić information content (AvgIpc) is 2.21. The summed E-state index contributed by atoms with van der Waals surface area (Å²) in [6, 6.07) is 0. The molecule has 0 bridgehead atoms. The number of aliphatic hydroxyl groups is 1. The van der Waals surface area contributed by atoms with E-state index in [1.165, 1.54) is 38.5 Å². The molecule has 1 nitrogen and oxygen atoms in total. The van der Waals surface area contributed by atoms with Gasteiger partial charge in [0.2, 0.25) is 0 Å². The standard InChI is InChI=1S/C13H26O/c1-4-6-7-8-9-10-11-12(3)13(14)5-2/h13-14H,3-11H2,1-2H3. The van der Waals surface area contributed by atoms with Gasteiger partial charge < -0.3 is 5.11 Å². The Morgan fingerprint density at radius 2 is 1.64 bits per heavy atom. The summed E-state index contributed by atoms with van der Waals surface area (Å²) in [7, 11) is 0. The SMILES string of the molecule is C=C(CCCCCCCC)C(O)CC. The molecule has 0 radical (unpaired) electrons. The van der Waals surface area contributed by atoms with Crippen LogP contribution in [-0.4, -0.2) is 11.2 Å². The molecule has 1 heteroatoms. The van der Waals surface area contributed by atoms with Gasteiger partial charge in [0.1, 0.15) is 0 Å². The van der Waals surface area contributed by atoms with Crippen LogP contribution in [0.1, 0.15) is 65.2 Å². The summed E-state index contributed by atoms with van der Waals surface area (Å²) in [5, 5.41) is 9.47. The first-order chi connectivity index (χ1) is 6.72. The van der Waals surface area contributed by atoms with Crippen molar-refractivity contribution >= 4 is 0 Å². The predicted octanol–water partition coefficient (Wildman–Crippen LogP) is 4.06. The van der Waals surface area contributed by atoms with E-state index in [1.807, 2.05) is 6.92 Å². The molecule has 0 amide bonds. The number of hydrogen-bond donors (Lipinski definition) is 1. The quantitative estimate of drug-likeness (QED) is 0.437. The molecule has 0 rings (SSSR count). The lowest BCUT2D eigenvalue weighted by Gasteiger charge is -2.10. The molecule has 0 spiro atoms. The van der Waals surface area contributed by atoms with E-state index in [1.54, 1.807) is 0 Å². The van der Waals surface area contributed by atoms with Gasteiger partial charge in [0.15, 0.2) is 0 Å². The van der Waals surface area contributed by atoms with Crippen LogP contribution < -0.4 is 0 Å². The van der Waals surface area contributed by atoms with Crippen molar-refractivity contribution in [2.24, 2.45) is 0 Å². The molecule has 0 saturated carbocycles. The molecule has 0 aromatic rings. The first-order valence-corrected chi connectivity index (χ1v) is 6.08. The smallest absolute Gasteiger partial charge is 0.0744 e. The van der Waals surface area contributed by atoms with Gasteiger partial charge in [0.05, 0.1) is 6.10 Å². The van der Waals surface area contributed by atoms with Crippen LogP contribution in [-0.2, 0) is 0 Å². The van der Waals surface area contributed by atoms with Gasteiger partial charge in [-0.2, -0.15) is 0 Å². The van der Waals surface area contributed by atoms with E-state index in [2.05, 4.69) is 13.5 Å². The summed E-state index contributed by atoms with van der Waals surface area (Å²) in [4.78, 5) is 0. The summed E-state index contributed by atoms with van der Waals surface area (Å²) >= 11 is 0. The van der Waals surface area contributed by atoms with Crippen molar-refractivity contribution in [3.8, 4) is 0 Å². The van der Waals surface area contributed by atoms with Crippen LogP contribution in [0, 0.1) is 0 Å². The van der Waals surface area contributed by atoms with Crippen LogP contribution in [0.15, 0.2) is 12.2 Å². The Bertz CT molecular complexity index is 140. The molecule has 84 valence electrons. The third kappa shape index (κ3) is 7.14. The molecule has 1 N–H and O–H groups in total. The molecular weight excluding hydrogens is 172 g/mol. The van der Waals surface area contributed by atoms with Gasteiger partial charge in [0, 0.05) is 0 Å². The first-order valence-electron chi connectivity index (χ1n) is 6.08. The van der Waals surface area contributed by atoms with Crippen molar-refractivity contribution in [3.63, 3.8) is 0 Å². The maximum atomic E-state index is 9.47. The van der Waals surface area contributed by atoms with E-state index in [0.29, 0.717) is 0 Å². The second-order valence-electron chi connectivity index (χ2n) is 4.10. The average molecular weight is 198 g/mol. The van der Waals surface area contributed by atoms with Crippen LogP contribution in [0.25, 0.3) is 0 Å². The molecule has 0 aromatic heterocycles. The minimum absolute atomic E-state index is 0.273. The Labute approximate surface area is 89.2 Å². The van der Waals surface area contributed by atoms with E-state index >= 15 is 0 Å². The molecule has 1 atom stereocenters. The zero-order valence-electron chi connectivity index (χ0n) is 9.89. The largest absolute Gasteiger partial charge is 0.389 e. The lowest BCUT2D eigenvalue weighted by molar-refractivity contribution is 0.202. The van der Waals surface area contributed by atoms with Crippen LogP contribution >= 0.6 is 0 Å². The molecule has 0 fully saturated rings. The summed E-state index contributed by atoms with van der Waals surface area (Å²) < 4.78 is 0. The van der Waals surface area contributed by atoms with Gasteiger partial charge in [-0.25, -0.2) is 0 Å². The molecule has 0 aliphatic carbocycles. The molecule has 0 aromatic carbocycles. The number of hydrogen-bond acceptors (Lipinski definition) is 1. The monoisotopic (exact) mass is 198 g/mol. The van der Waals surface area contributed by atoms with Crippen molar-refractivity contribution < 1.29 is 5.11 Å². The first kappa shape index (κ1) is 13.7. The van der Waals surface area contributed by atoms with E-state index in [0.717, 1.165) is 18.4 Å². The summed E-state index contributed by atoms with van der Waals surface area (Å²) in [6.07, 6.45) is 9.37. The van der Waals surface area contributed by atoms with Crippen molar-refractivity contribution in [3.05, 3.63) is 12.2 Å². The Balaban J connectivity index is 3.23. The highest BCUT2D eigenvalue weighted by Gasteiger charge is 2.04. The molecule has 14 heavy (non-hydrogen) atoms. The highest BCUT2D eigenvalue weighted by Crippen LogP contribution is 2.14. The molecule has 0 heterocycles. The molecular formula is C13H26O. The van der Waals surface area contributed by atoms with Gasteiger partial charge in [-0.05, 0) is 24.8 Å². The van der Waals surface area contributed by atoms with Gasteiger partial charge in [0.25, 0.3) is 0 Å². The Kier molecular flexibility index (Phi) is 9.06. The van der Waals surface area contributed by atoms with Crippen molar-refractivity contribution in [1.82, 2.24) is 0 Å². The molecule has 0 saturated heterocycles. The minimum Gasteiger partial charge on any atom is -0.389 e. The fraction of sp³-hybridized carbons (Fsp3) is 0.846. The zero-order valence-corrected chi connectivity index (χ0v) is 9.89. The third-order valence-corrected chi connectivity index (χ3v) is 2.71. The second-order valence-corrected chi connectivity index (χ2v) is 4.10. The fourth-order valence-electron chi connectivity index (χ4n) is 1.59. The van der Waals surface area contributed by atoms with Crippen molar-refractivity contribution in [2.45, 2.75) is 71.3 Å². The topological polar surface area (TPSA) is 20.2 Å². The van der Waals surface area contributed by atoms with Gasteiger partial charge in [-0.3, -0.25) is 0 Å². The van der Waals surface area contributed by atoms with Crippen LogP contribution in [0.2, 0.25) is 0 Å². The maximum Gasteiger partial charge on any atom is 0.0744 e.